The lowest BCUT2D eigenvalue weighted by atomic mass is 10.2. The Morgan fingerprint density at radius 1 is 1.16 bits per heavy atom. The van der Waals surface area contributed by atoms with Crippen molar-refractivity contribution in [2.24, 2.45) is 0 Å². The van der Waals surface area contributed by atoms with Crippen molar-refractivity contribution in [1.82, 2.24) is 0 Å². The van der Waals surface area contributed by atoms with Crippen molar-refractivity contribution in [3.63, 3.8) is 0 Å². The molecule has 0 aromatic heterocycles. The van der Waals surface area contributed by atoms with Gasteiger partial charge in [-0.15, -0.1) is 0 Å². The maximum atomic E-state index is 13.1. The molecule has 0 atom stereocenters. The smallest absolute Gasteiger partial charge is 0.330 e. The number of methoxy groups -OCH3 is 2. The molecule has 1 rings (SSSR count). The van der Waals surface area contributed by atoms with Gasteiger partial charge in [-0.25, -0.2) is 9.18 Å². The summed E-state index contributed by atoms with van der Waals surface area (Å²) in [7, 11) is 2.77. The van der Waals surface area contributed by atoms with E-state index in [0.29, 0.717) is 11.3 Å². The largest absolute Gasteiger partial charge is 0.497 e. The predicted octanol–water partition coefficient (Wildman–Crippen LogP) is 3.60. The molecule has 0 aliphatic rings. The van der Waals surface area contributed by atoms with Gasteiger partial charge in [-0.05, 0) is 17.7 Å². The number of rotatable bonds is 4. The summed E-state index contributed by atoms with van der Waals surface area (Å²) in [5.41, 5.74) is 0.649. The average molecular weight is 266 g/mol. The van der Waals surface area contributed by atoms with Crippen LogP contribution < -0.4 is 4.74 Å². The monoisotopic (exact) mass is 266 g/mol. The maximum absolute atomic E-state index is 13.1. The zero-order valence-electron chi connectivity index (χ0n) is 11.6. The lowest BCUT2D eigenvalue weighted by molar-refractivity contribution is -0.134. The minimum atomic E-state index is -0.438. The lowest BCUT2D eigenvalue weighted by Gasteiger charge is -2.01. The molecule has 0 fully saturated rings. The number of carbonyl (C=O) groups excluding carboxylic acids is 1. The summed E-state index contributed by atoms with van der Waals surface area (Å²) in [4.78, 5) is 10.8. The van der Waals surface area contributed by atoms with E-state index in [1.165, 1.54) is 38.5 Å². The highest BCUT2D eigenvalue weighted by atomic mass is 19.1. The van der Waals surface area contributed by atoms with E-state index in [0.717, 1.165) is 0 Å². The van der Waals surface area contributed by atoms with Crippen LogP contribution in [-0.4, -0.2) is 20.2 Å². The molecule has 1 aromatic carbocycles. The topological polar surface area (TPSA) is 35.5 Å². The minimum Gasteiger partial charge on any atom is -0.497 e. The number of hydrogen-bond donors (Lipinski definition) is 0. The number of ether oxygens (including phenoxy) is 2. The van der Waals surface area contributed by atoms with Gasteiger partial charge in [0, 0.05) is 12.1 Å². The summed E-state index contributed by atoms with van der Waals surface area (Å²) in [5, 5.41) is 0. The van der Waals surface area contributed by atoms with Gasteiger partial charge in [-0.1, -0.05) is 32.1 Å². The Morgan fingerprint density at radius 3 is 2.42 bits per heavy atom. The fourth-order valence-corrected chi connectivity index (χ4v) is 1.17. The number of esters is 1. The first-order valence-corrected chi connectivity index (χ1v) is 5.93. The van der Waals surface area contributed by atoms with Gasteiger partial charge in [0.2, 0.25) is 0 Å². The molecular weight excluding hydrogens is 247 g/mol. The number of halogens is 1. The summed E-state index contributed by atoms with van der Waals surface area (Å²) < 4.78 is 22.5. The summed E-state index contributed by atoms with van der Waals surface area (Å²) in [5.74, 6) is -0.367. The van der Waals surface area contributed by atoms with Gasteiger partial charge in [-0.2, -0.15) is 0 Å². The molecule has 0 spiro atoms. The Morgan fingerprint density at radius 2 is 1.84 bits per heavy atom. The summed E-state index contributed by atoms with van der Waals surface area (Å²) in [6, 6.07) is 4.35. The second-order valence-corrected chi connectivity index (χ2v) is 3.17. The van der Waals surface area contributed by atoms with Crippen LogP contribution in [0.25, 0.3) is 6.08 Å². The van der Waals surface area contributed by atoms with E-state index in [4.69, 9.17) is 4.74 Å². The first-order valence-electron chi connectivity index (χ1n) is 5.93. The van der Waals surface area contributed by atoms with E-state index in [1.54, 1.807) is 18.2 Å². The first-order chi connectivity index (χ1) is 9.15. The van der Waals surface area contributed by atoms with Gasteiger partial charge in [0.1, 0.15) is 11.6 Å². The summed E-state index contributed by atoms with van der Waals surface area (Å²) in [6.07, 6.45) is 6.06. The van der Waals surface area contributed by atoms with Gasteiger partial charge < -0.3 is 9.47 Å². The van der Waals surface area contributed by atoms with E-state index >= 15 is 0 Å². The highest BCUT2D eigenvalue weighted by molar-refractivity contribution is 5.82. The van der Waals surface area contributed by atoms with E-state index in [9.17, 15) is 9.18 Å². The van der Waals surface area contributed by atoms with Crippen molar-refractivity contribution in [2.75, 3.05) is 14.2 Å². The normalized spacial score (nSPS) is 10.2. The molecule has 0 bridgehead atoms. The van der Waals surface area contributed by atoms with E-state index in [2.05, 4.69) is 4.74 Å². The van der Waals surface area contributed by atoms with Gasteiger partial charge in [0.25, 0.3) is 0 Å². The predicted molar refractivity (Wildman–Crippen MR) is 74.5 cm³/mol. The lowest BCUT2D eigenvalue weighted by Crippen LogP contribution is -1.92. The van der Waals surface area contributed by atoms with Crippen molar-refractivity contribution in [1.29, 1.82) is 0 Å². The van der Waals surface area contributed by atoms with Crippen LogP contribution in [-0.2, 0) is 9.53 Å². The number of allylic oxidation sites excluding steroid dienone is 2. The molecule has 3 nitrogen and oxygen atoms in total. The van der Waals surface area contributed by atoms with Crippen LogP contribution in [0.5, 0.6) is 5.75 Å². The van der Waals surface area contributed by atoms with Crippen LogP contribution in [0.1, 0.15) is 19.4 Å². The van der Waals surface area contributed by atoms with Crippen LogP contribution >= 0.6 is 0 Å². The molecule has 0 amide bonds. The first kappa shape index (κ1) is 16.9. The van der Waals surface area contributed by atoms with Crippen molar-refractivity contribution in [3.8, 4) is 5.75 Å². The molecule has 0 heterocycles. The highest BCUT2D eigenvalue weighted by Gasteiger charge is 1.97. The van der Waals surface area contributed by atoms with E-state index in [1.807, 2.05) is 13.8 Å². The third-order valence-corrected chi connectivity index (χ3v) is 1.96. The van der Waals surface area contributed by atoms with Gasteiger partial charge in [-0.3, -0.25) is 0 Å². The maximum Gasteiger partial charge on any atom is 0.330 e. The second kappa shape index (κ2) is 9.88. The van der Waals surface area contributed by atoms with E-state index < -0.39 is 5.97 Å². The van der Waals surface area contributed by atoms with Gasteiger partial charge in [0.15, 0.2) is 0 Å². The fraction of sp³-hybridized carbons (Fsp3) is 0.267. The Bertz CT molecular complexity index is 451. The Kier molecular flexibility index (Phi) is 8.79. The molecule has 0 aliphatic carbocycles. The third-order valence-electron chi connectivity index (χ3n) is 1.96. The molecule has 0 aliphatic heterocycles. The Balaban J connectivity index is 0.00000154. The molecular formula is C15H19FO3. The van der Waals surface area contributed by atoms with Crippen molar-refractivity contribution >= 4 is 12.0 Å². The summed E-state index contributed by atoms with van der Waals surface area (Å²) >= 11 is 0. The molecule has 0 saturated heterocycles. The number of benzene rings is 1. The second-order valence-electron chi connectivity index (χ2n) is 3.17. The molecule has 4 heteroatoms. The van der Waals surface area contributed by atoms with Gasteiger partial charge in [0.05, 0.1) is 14.2 Å². The van der Waals surface area contributed by atoms with Crippen LogP contribution in [0.3, 0.4) is 0 Å². The Hall–Kier alpha value is -2.10. The van der Waals surface area contributed by atoms with Crippen LogP contribution in [0.2, 0.25) is 0 Å². The standard InChI is InChI=1S/C13H13FO3.C2H6/c1-16-12-8-10(7-11(14)9-12)5-3-4-6-13(15)17-2;1-2/h3-9H,1-2H3;1-2H3/b5-3+,6-4+;. The molecule has 0 radical (unpaired) electrons. The average Bonchev–Trinajstić information content (AvgIpc) is 2.44. The fourth-order valence-electron chi connectivity index (χ4n) is 1.17. The quantitative estimate of drug-likeness (QED) is 0.474. The van der Waals surface area contributed by atoms with Crippen molar-refractivity contribution in [3.05, 3.63) is 47.8 Å². The number of hydrogen-bond acceptors (Lipinski definition) is 3. The minimum absolute atomic E-state index is 0.374. The van der Waals surface area contributed by atoms with Crippen molar-refractivity contribution < 1.29 is 18.7 Å². The molecule has 1 aromatic rings. The highest BCUT2D eigenvalue weighted by Crippen LogP contribution is 2.16. The van der Waals surface area contributed by atoms with Crippen LogP contribution in [0.15, 0.2) is 36.4 Å². The third kappa shape index (κ3) is 7.03. The van der Waals surface area contributed by atoms with Crippen LogP contribution in [0, 0.1) is 5.82 Å². The molecule has 0 saturated carbocycles. The zero-order valence-corrected chi connectivity index (χ0v) is 11.6. The zero-order chi connectivity index (χ0) is 14.7. The number of carbonyl (C=O) groups is 1. The molecule has 104 valence electrons. The van der Waals surface area contributed by atoms with Crippen molar-refractivity contribution in [2.45, 2.75) is 13.8 Å². The molecule has 0 unspecified atom stereocenters. The van der Waals surface area contributed by atoms with Crippen LogP contribution in [0.4, 0.5) is 4.39 Å². The van der Waals surface area contributed by atoms with Gasteiger partial charge >= 0.3 is 5.97 Å². The SMILES string of the molecule is CC.COC(=O)/C=C/C=C/c1cc(F)cc(OC)c1. The Labute approximate surface area is 113 Å². The van der Waals surface area contributed by atoms with E-state index in [-0.39, 0.29) is 5.82 Å². The molecule has 19 heavy (non-hydrogen) atoms. The summed E-state index contributed by atoms with van der Waals surface area (Å²) in [6.45, 7) is 4.00. The molecule has 0 N–H and O–H groups in total.